The molecule has 2 heterocycles. The predicted molar refractivity (Wildman–Crippen MR) is 115 cm³/mol. The van der Waals surface area contributed by atoms with Gasteiger partial charge < -0.3 is 21.5 Å². The highest BCUT2D eigenvalue weighted by Crippen LogP contribution is 2.29. The van der Waals surface area contributed by atoms with Crippen LogP contribution in [0.4, 0.5) is 0 Å². The lowest BCUT2D eigenvalue weighted by atomic mass is 10.1. The number of aromatic nitrogens is 2. The van der Waals surface area contributed by atoms with Gasteiger partial charge in [-0.2, -0.15) is 0 Å². The van der Waals surface area contributed by atoms with E-state index in [2.05, 4.69) is 113 Å². The molecule has 0 N–H and O–H groups in total. The third-order valence-electron chi connectivity index (χ3n) is 5.55. The average Bonchev–Trinajstić information content (AvgIpc) is 3.04. The van der Waals surface area contributed by atoms with Gasteiger partial charge in [0.1, 0.15) is 0 Å². The zero-order valence-electron chi connectivity index (χ0n) is 16.4. The largest absolute Gasteiger partial charge is 1.00 e. The second kappa shape index (κ2) is 8.22. The van der Waals surface area contributed by atoms with Crippen LogP contribution in [0.5, 0.6) is 0 Å². The number of hydrogen-bond acceptors (Lipinski definition) is 0. The molecule has 2 aromatic heterocycles. The zero-order valence-corrected chi connectivity index (χ0v) is 18.0. The third kappa shape index (κ3) is 3.70. The molecule has 0 aliphatic heterocycles. The van der Waals surface area contributed by atoms with Crippen LogP contribution in [0.3, 0.4) is 0 Å². The third-order valence-corrected chi connectivity index (χ3v) is 5.55. The summed E-state index contributed by atoms with van der Waals surface area (Å²) in [7, 11) is 0. The highest BCUT2D eigenvalue weighted by molar-refractivity contribution is 6.08. The summed E-state index contributed by atoms with van der Waals surface area (Å²) in [5, 5.41) is 2.64. The number of halogens is 1. The molecule has 5 rings (SSSR count). The first kappa shape index (κ1) is 19.4. The first-order chi connectivity index (χ1) is 13.8. The van der Waals surface area contributed by atoms with Crippen molar-refractivity contribution in [2.24, 2.45) is 0 Å². The van der Waals surface area contributed by atoms with Crippen molar-refractivity contribution in [3.63, 3.8) is 0 Å². The summed E-state index contributed by atoms with van der Waals surface area (Å²) in [4.78, 5) is 0. The monoisotopic (exact) mass is 442 g/mol. The summed E-state index contributed by atoms with van der Waals surface area (Å²) in [6.07, 6.45) is 4.43. The van der Waals surface area contributed by atoms with Crippen molar-refractivity contribution in [3.8, 4) is 0 Å². The molecule has 0 saturated heterocycles. The smallest absolute Gasteiger partial charge is 0.174 e. The fourth-order valence-corrected chi connectivity index (χ4v) is 4.11. The number of rotatable bonds is 4. The minimum absolute atomic E-state index is 0. The SMILES string of the molecule is Cc1ccccc1C[n+]1cccc(Cn2c3ccccc3c3ccccc32)c1.[Br-]. The number of benzene rings is 3. The van der Waals surface area contributed by atoms with Crippen molar-refractivity contribution in [2.45, 2.75) is 20.0 Å². The molecule has 0 aliphatic rings. The highest BCUT2D eigenvalue weighted by atomic mass is 79.9. The van der Waals surface area contributed by atoms with E-state index in [1.54, 1.807) is 0 Å². The molecule has 0 spiro atoms. The lowest BCUT2D eigenvalue weighted by Gasteiger charge is -2.08. The van der Waals surface area contributed by atoms with E-state index < -0.39 is 0 Å². The molecule has 0 bridgehead atoms. The van der Waals surface area contributed by atoms with Gasteiger partial charge in [-0.15, -0.1) is 0 Å². The molecule has 0 atom stereocenters. The van der Waals surface area contributed by atoms with E-state index in [4.69, 9.17) is 0 Å². The molecule has 0 amide bonds. The molecule has 3 aromatic carbocycles. The number of pyridine rings is 1. The Bertz CT molecular complexity index is 1230. The van der Waals surface area contributed by atoms with Crippen molar-refractivity contribution < 1.29 is 21.5 Å². The van der Waals surface area contributed by atoms with Crippen molar-refractivity contribution >= 4 is 21.8 Å². The fraction of sp³-hybridized carbons (Fsp3) is 0.115. The maximum Gasteiger partial charge on any atom is 0.174 e. The van der Waals surface area contributed by atoms with Gasteiger partial charge in [-0.1, -0.05) is 60.7 Å². The summed E-state index contributed by atoms with van der Waals surface area (Å²) >= 11 is 0. The summed E-state index contributed by atoms with van der Waals surface area (Å²) in [5.41, 5.74) is 6.59. The molecule has 0 saturated carbocycles. The molecule has 144 valence electrons. The summed E-state index contributed by atoms with van der Waals surface area (Å²) in [6.45, 7) is 3.94. The van der Waals surface area contributed by atoms with Gasteiger partial charge >= 0.3 is 0 Å². The Morgan fingerprint density at radius 2 is 1.34 bits per heavy atom. The Balaban J connectivity index is 0.00000205. The minimum Gasteiger partial charge on any atom is -1.00 e. The molecule has 0 aliphatic carbocycles. The fourth-order valence-electron chi connectivity index (χ4n) is 4.11. The number of hydrogen-bond donors (Lipinski definition) is 0. The van der Waals surface area contributed by atoms with Crippen LogP contribution >= 0.6 is 0 Å². The molecule has 0 radical (unpaired) electrons. The van der Waals surface area contributed by atoms with Crippen LogP contribution in [0.2, 0.25) is 0 Å². The number of fused-ring (bicyclic) bond motifs is 3. The highest BCUT2D eigenvalue weighted by Gasteiger charge is 2.12. The first-order valence-electron chi connectivity index (χ1n) is 9.78. The Kier molecular flexibility index (Phi) is 5.50. The Morgan fingerprint density at radius 1 is 0.724 bits per heavy atom. The zero-order chi connectivity index (χ0) is 18.9. The maximum atomic E-state index is 2.43. The van der Waals surface area contributed by atoms with Gasteiger partial charge in [0.2, 0.25) is 0 Å². The van der Waals surface area contributed by atoms with Gasteiger partial charge in [0.05, 0.1) is 6.54 Å². The predicted octanol–water partition coefficient (Wildman–Crippen LogP) is 2.49. The topological polar surface area (TPSA) is 8.81 Å². The van der Waals surface area contributed by atoms with E-state index in [9.17, 15) is 0 Å². The van der Waals surface area contributed by atoms with Crippen LogP contribution in [-0.2, 0) is 13.1 Å². The van der Waals surface area contributed by atoms with Crippen LogP contribution in [0.15, 0.2) is 97.3 Å². The maximum absolute atomic E-state index is 2.43. The molecule has 3 heteroatoms. The van der Waals surface area contributed by atoms with Crippen molar-refractivity contribution in [3.05, 3.63) is 114 Å². The van der Waals surface area contributed by atoms with E-state index in [1.807, 2.05) is 0 Å². The van der Waals surface area contributed by atoms with E-state index >= 15 is 0 Å². The average molecular weight is 443 g/mol. The normalized spacial score (nSPS) is 10.9. The molecular formula is C26H23BrN2. The second-order valence-electron chi connectivity index (χ2n) is 7.43. The summed E-state index contributed by atoms with van der Waals surface area (Å²) in [5.74, 6) is 0. The van der Waals surface area contributed by atoms with Crippen LogP contribution in [0.25, 0.3) is 21.8 Å². The molecular weight excluding hydrogens is 420 g/mol. The number of para-hydroxylation sites is 2. The lowest BCUT2D eigenvalue weighted by molar-refractivity contribution is -0.688. The standard InChI is InChI=1S/C26H23N2.BrH/c1-20-9-2-3-11-22(20)19-27-16-8-10-21(17-27)18-28-25-14-6-4-12-23(25)24-13-5-7-15-26(24)28;/h2-17H,18-19H2,1H3;1H/q+1;/p-1. The van der Waals surface area contributed by atoms with E-state index in [0.717, 1.165) is 13.1 Å². The summed E-state index contributed by atoms with van der Waals surface area (Å²) < 4.78 is 4.71. The van der Waals surface area contributed by atoms with Crippen molar-refractivity contribution in [2.75, 3.05) is 0 Å². The Hall–Kier alpha value is -2.91. The molecule has 5 aromatic rings. The van der Waals surface area contributed by atoms with Crippen LogP contribution in [0.1, 0.15) is 16.7 Å². The lowest BCUT2D eigenvalue weighted by Crippen LogP contribution is -3.00. The molecule has 0 fully saturated rings. The van der Waals surface area contributed by atoms with Crippen LogP contribution in [-0.4, -0.2) is 4.57 Å². The van der Waals surface area contributed by atoms with E-state index in [1.165, 1.54) is 38.5 Å². The minimum atomic E-state index is 0. The van der Waals surface area contributed by atoms with Crippen LogP contribution < -0.4 is 21.5 Å². The quantitative estimate of drug-likeness (QED) is 0.378. The number of nitrogens with zero attached hydrogens (tertiary/aromatic N) is 2. The van der Waals surface area contributed by atoms with Gasteiger partial charge in [0.25, 0.3) is 0 Å². The number of aryl methyl sites for hydroxylation is 1. The van der Waals surface area contributed by atoms with E-state index in [0.29, 0.717) is 0 Å². The van der Waals surface area contributed by atoms with E-state index in [-0.39, 0.29) is 17.0 Å². The van der Waals surface area contributed by atoms with Gasteiger partial charge in [0.15, 0.2) is 18.9 Å². The van der Waals surface area contributed by atoms with Gasteiger partial charge in [-0.05, 0) is 30.7 Å². The Morgan fingerprint density at radius 3 is 2.03 bits per heavy atom. The molecule has 0 unspecified atom stereocenters. The first-order valence-corrected chi connectivity index (χ1v) is 9.78. The Labute approximate surface area is 181 Å². The van der Waals surface area contributed by atoms with Crippen LogP contribution in [0, 0.1) is 6.92 Å². The second-order valence-corrected chi connectivity index (χ2v) is 7.43. The van der Waals surface area contributed by atoms with Gasteiger partial charge in [0, 0.05) is 39.0 Å². The van der Waals surface area contributed by atoms with Gasteiger partial charge in [-0.3, -0.25) is 0 Å². The summed E-state index contributed by atoms with van der Waals surface area (Å²) in [6, 6.07) is 30.4. The van der Waals surface area contributed by atoms with Crippen molar-refractivity contribution in [1.29, 1.82) is 0 Å². The molecule has 29 heavy (non-hydrogen) atoms. The van der Waals surface area contributed by atoms with Gasteiger partial charge in [-0.25, -0.2) is 4.57 Å². The van der Waals surface area contributed by atoms with Crippen molar-refractivity contribution in [1.82, 2.24) is 4.57 Å². The molecule has 2 nitrogen and oxygen atoms in total.